The summed E-state index contributed by atoms with van der Waals surface area (Å²) in [5.41, 5.74) is 11.9. The Hall–Kier alpha value is -4.80. The SMILES string of the molecule is O=C1N[C@@]2(C(I)=C(c3ccccc3)c3ccccc32)c2ccccc21.O=C1N[C@]2(C(I)=C(c3ccccc3)c3ccccc32)c2ccccc21. The van der Waals surface area contributed by atoms with Crippen LogP contribution < -0.4 is 10.6 Å². The van der Waals surface area contributed by atoms with Crippen molar-refractivity contribution in [3.8, 4) is 0 Å². The molecule has 4 nitrogen and oxygen atoms in total. The molecular weight excluding hydrogens is 842 g/mol. The lowest BCUT2D eigenvalue weighted by Crippen LogP contribution is -2.39. The van der Waals surface area contributed by atoms with Crippen molar-refractivity contribution >= 4 is 68.1 Å². The Balaban J connectivity index is 0.000000135. The molecule has 4 aliphatic rings. The van der Waals surface area contributed by atoms with Crippen LogP contribution in [0.4, 0.5) is 0 Å². The fourth-order valence-corrected chi connectivity index (χ4v) is 10.7. The number of benzene rings is 6. The lowest BCUT2D eigenvalue weighted by Gasteiger charge is -2.28. The van der Waals surface area contributed by atoms with E-state index >= 15 is 0 Å². The first-order valence-corrected chi connectivity index (χ1v) is 18.6. The molecule has 6 aromatic rings. The van der Waals surface area contributed by atoms with Gasteiger partial charge in [-0.3, -0.25) is 9.59 Å². The summed E-state index contributed by atoms with van der Waals surface area (Å²) >= 11 is 4.84. The van der Waals surface area contributed by atoms with E-state index in [-0.39, 0.29) is 11.8 Å². The van der Waals surface area contributed by atoms with Gasteiger partial charge in [0, 0.05) is 29.4 Å². The van der Waals surface area contributed by atoms with Gasteiger partial charge in [-0.25, -0.2) is 0 Å². The number of hydrogen-bond acceptors (Lipinski definition) is 2. The molecule has 6 heteroatoms. The molecule has 0 aromatic heterocycles. The van der Waals surface area contributed by atoms with Crippen molar-refractivity contribution in [3.05, 3.63) is 221 Å². The number of nitrogens with one attached hydrogen (secondary N) is 2. The smallest absolute Gasteiger partial charge is 0.252 e. The molecule has 2 N–H and O–H groups in total. The average molecular weight is 871 g/mol. The molecule has 0 saturated carbocycles. The van der Waals surface area contributed by atoms with Gasteiger partial charge >= 0.3 is 0 Å². The molecule has 2 atom stereocenters. The zero-order valence-electron chi connectivity index (χ0n) is 26.6. The molecule has 2 aliphatic heterocycles. The van der Waals surface area contributed by atoms with Crippen LogP contribution in [0.1, 0.15) is 65.2 Å². The zero-order valence-corrected chi connectivity index (χ0v) is 30.9. The fraction of sp³-hybridized carbons (Fsp3) is 0.0455. The maximum absolute atomic E-state index is 12.7. The molecule has 10 rings (SSSR count). The maximum atomic E-state index is 12.7. The van der Waals surface area contributed by atoms with E-state index in [2.05, 4.69) is 153 Å². The Morgan fingerprint density at radius 2 is 0.640 bits per heavy atom. The van der Waals surface area contributed by atoms with E-state index < -0.39 is 11.1 Å². The molecule has 0 radical (unpaired) electrons. The molecule has 2 aliphatic carbocycles. The van der Waals surface area contributed by atoms with Crippen LogP contribution in [0.15, 0.2) is 165 Å². The van der Waals surface area contributed by atoms with Crippen LogP contribution in [-0.4, -0.2) is 11.8 Å². The van der Waals surface area contributed by atoms with Crippen LogP contribution in [0.3, 0.4) is 0 Å². The van der Waals surface area contributed by atoms with E-state index in [0.29, 0.717) is 0 Å². The quantitative estimate of drug-likeness (QED) is 0.171. The van der Waals surface area contributed by atoms with Crippen LogP contribution in [0.25, 0.3) is 11.1 Å². The van der Waals surface area contributed by atoms with Crippen LogP contribution in [0.2, 0.25) is 0 Å². The van der Waals surface area contributed by atoms with E-state index in [9.17, 15) is 9.59 Å². The fourth-order valence-electron chi connectivity index (χ4n) is 8.08. The maximum Gasteiger partial charge on any atom is 0.252 e. The molecule has 50 heavy (non-hydrogen) atoms. The first kappa shape index (κ1) is 31.2. The highest BCUT2D eigenvalue weighted by atomic mass is 127. The highest BCUT2D eigenvalue weighted by Crippen LogP contribution is 2.57. The second-order valence-corrected chi connectivity index (χ2v) is 14.9. The van der Waals surface area contributed by atoms with Gasteiger partial charge in [-0.2, -0.15) is 0 Å². The standard InChI is InChI=1S/2C22H14INO/c2*23-20-19(14-8-2-1-3-9-14)15-10-4-6-12-17(15)22(20)18-13-7-5-11-16(18)21(25)24-22/h2*1-13H,(H,24,25)/t2*22-/m10/s1. The number of halogens is 2. The summed E-state index contributed by atoms with van der Waals surface area (Å²) in [4.78, 5) is 25.4. The third-order valence-corrected chi connectivity index (χ3v) is 12.9. The Bertz CT molecular complexity index is 2280. The summed E-state index contributed by atoms with van der Waals surface area (Å²) in [6.07, 6.45) is 0. The highest BCUT2D eigenvalue weighted by Gasteiger charge is 2.53. The monoisotopic (exact) mass is 870 g/mol. The largest absolute Gasteiger partial charge is 0.334 e. The van der Waals surface area contributed by atoms with Crippen molar-refractivity contribution in [2.24, 2.45) is 0 Å². The van der Waals surface area contributed by atoms with Crippen LogP contribution in [0, 0.1) is 0 Å². The number of rotatable bonds is 2. The van der Waals surface area contributed by atoms with Gasteiger partial charge in [-0.15, -0.1) is 0 Å². The molecule has 2 spiro atoms. The van der Waals surface area contributed by atoms with Gasteiger partial charge in [0.05, 0.1) is 0 Å². The van der Waals surface area contributed by atoms with Gasteiger partial charge in [-0.1, -0.05) is 146 Å². The van der Waals surface area contributed by atoms with E-state index in [1.807, 2.05) is 60.7 Å². The molecular formula is C44H28I2N2O2. The average Bonchev–Trinajstić information content (AvgIpc) is 3.81. The number of amides is 2. The summed E-state index contributed by atoms with van der Waals surface area (Å²) < 4.78 is 2.30. The normalized spacial score (nSPS) is 20.6. The predicted octanol–water partition coefficient (Wildman–Crippen LogP) is 9.76. The lowest BCUT2D eigenvalue weighted by atomic mass is 9.85. The summed E-state index contributed by atoms with van der Waals surface area (Å²) in [7, 11) is 0. The number of carbonyl (C=O) groups is 2. The molecule has 6 aromatic carbocycles. The Morgan fingerprint density at radius 3 is 1.00 bits per heavy atom. The predicted molar refractivity (Wildman–Crippen MR) is 215 cm³/mol. The van der Waals surface area contributed by atoms with Crippen molar-refractivity contribution in [1.29, 1.82) is 0 Å². The minimum absolute atomic E-state index is 0.00567. The number of carbonyl (C=O) groups excluding carboxylic acids is 2. The topological polar surface area (TPSA) is 58.2 Å². The van der Waals surface area contributed by atoms with E-state index in [4.69, 9.17) is 0 Å². The molecule has 0 saturated heterocycles. The van der Waals surface area contributed by atoms with Crippen molar-refractivity contribution < 1.29 is 9.59 Å². The van der Waals surface area contributed by atoms with Crippen LogP contribution >= 0.6 is 45.2 Å². The molecule has 240 valence electrons. The second-order valence-electron chi connectivity index (χ2n) is 12.7. The van der Waals surface area contributed by atoms with E-state index in [0.717, 1.165) is 40.5 Å². The minimum Gasteiger partial charge on any atom is -0.334 e. The van der Waals surface area contributed by atoms with Crippen molar-refractivity contribution in [2.75, 3.05) is 0 Å². The van der Waals surface area contributed by atoms with Gasteiger partial charge in [-0.05, 0) is 102 Å². The van der Waals surface area contributed by atoms with Gasteiger partial charge in [0.2, 0.25) is 0 Å². The van der Waals surface area contributed by atoms with E-state index in [1.165, 1.54) is 33.4 Å². The van der Waals surface area contributed by atoms with Crippen LogP contribution in [0.5, 0.6) is 0 Å². The van der Waals surface area contributed by atoms with Gasteiger partial charge < -0.3 is 10.6 Å². The molecule has 0 fully saturated rings. The van der Waals surface area contributed by atoms with Crippen LogP contribution in [-0.2, 0) is 11.1 Å². The third kappa shape index (κ3) is 4.34. The van der Waals surface area contributed by atoms with Crippen molar-refractivity contribution in [1.82, 2.24) is 10.6 Å². The molecule has 2 amide bonds. The summed E-state index contributed by atoms with van der Waals surface area (Å²) in [6, 6.07) is 53.4. The molecule has 2 heterocycles. The molecule has 0 unspecified atom stereocenters. The highest BCUT2D eigenvalue weighted by molar-refractivity contribution is 14.1. The first-order valence-electron chi connectivity index (χ1n) is 16.4. The van der Waals surface area contributed by atoms with Crippen molar-refractivity contribution in [2.45, 2.75) is 11.1 Å². The Kier molecular flexibility index (Phi) is 7.44. The van der Waals surface area contributed by atoms with Gasteiger partial charge in [0.15, 0.2) is 0 Å². The summed E-state index contributed by atoms with van der Waals surface area (Å²) in [6.45, 7) is 0. The second kappa shape index (κ2) is 11.9. The van der Waals surface area contributed by atoms with Crippen molar-refractivity contribution in [3.63, 3.8) is 0 Å². The zero-order chi connectivity index (χ0) is 34.0. The third-order valence-electron chi connectivity index (χ3n) is 10.2. The molecule has 0 bridgehead atoms. The number of hydrogen-bond donors (Lipinski definition) is 2. The van der Waals surface area contributed by atoms with E-state index in [1.54, 1.807) is 0 Å². The lowest BCUT2D eigenvalue weighted by molar-refractivity contribution is 0.0941. The summed E-state index contributed by atoms with van der Waals surface area (Å²) in [5.74, 6) is -0.0113. The van der Waals surface area contributed by atoms with Gasteiger partial charge in [0.25, 0.3) is 11.8 Å². The minimum atomic E-state index is -0.573. The Labute approximate surface area is 317 Å². The van der Waals surface area contributed by atoms with Gasteiger partial charge in [0.1, 0.15) is 11.1 Å². The number of fused-ring (bicyclic) bond motifs is 8. The Morgan fingerprint density at radius 1 is 0.360 bits per heavy atom. The summed E-state index contributed by atoms with van der Waals surface area (Å²) in [5, 5.41) is 6.59. The first-order chi connectivity index (χ1) is 24.5.